The van der Waals surface area contributed by atoms with E-state index < -0.39 is 0 Å². The number of guanidine groups is 1. The van der Waals surface area contributed by atoms with Crippen LogP contribution in [-0.2, 0) is 0 Å². The van der Waals surface area contributed by atoms with Gasteiger partial charge in [0.25, 0.3) is 0 Å². The second kappa shape index (κ2) is 6.81. The highest BCUT2D eigenvalue weighted by Crippen LogP contribution is 2.37. The van der Waals surface area contributed by atoms with Crippen LogP contribution in [0.4, 0.5) is 0 Å². The van der Waals surface area contributed by atoms with Gasteiger partial charge in [0, 0.05) is 19.6 Å². The van der Waals surface area contributed by atoms with E-state index in [1.807, 2.05) is 0 Å². The van der Waals surface area contributed by atoms with Gasteiger partial charge in [0.1, 0.15) is 0 Å². The zero-order valence-corrected chi connectivity index (χ0v) is 13.3. The molecule has 3 nitrogen and oxygen atoms in total. The van der Waals surface area contributed by atoms with Gasteiger partial charge >= 0.3 is 0 Å². The van der Waals surface area contributed by atoms with Gasteiger partial charge in [-0.2, -0.15) is 0 Å². The van der Waals surface area contributed by atoms with Crippen molar-refractivity contribution in [3.63, 3.8) is 0 Å². The molecular weight excluding hydrogens is 325 g/mol. The molecule has 0 unspecified atom stereocenters. The van der Waals surface area contributed by atoms with Crippen LogP contribution in [-0.4, -0.2) is 30.5 Å². The molecule has 1 saturated heterocycles. The van der Waals surface area contributed by atoms with E-state index in [2.05, 4.69) is 16.8 Å². The number of hydrogen-bond acceptors (Lipinski definition) is 1. The van der Waals surface area contributed by atoms with Crippen molar-refractivity contribution in [3.05, 3.63) is 0 Å². The van der Waals surface area contributed by atoms with Crippen LogP contribution >= 0.6 is 24.0 Å². The van der Waals surface area contributed by atoms with Crippen molar-refractivity contribution in [2.45, 2.75) is 51.9 Å². The predicted molar refractivity (Wildman–Crippen MR) is 83.9 cm³/mol. The maximum absolute atomic E-state index is 6.06. The third-order valence-corrected chi connectivity index (χ3v) is 4.11. The third kappa shape index (κ3) is 4.30. The van der Waals surface area contributed by atoms with Crippen molar-refractivity contribution in [1.29, 1.82) is 0 Å². The average molecular weight is 351 g/mol. The van der Waals surface area contributed by atoms with Gasteiger partial charge < -0.3 is 10.6 Å². The maximum atomic E-state index is 6.06. The summed E-state index contributed by atoms with van der Waals surface area (Å²) in [6.45, 7) is 5.49. The number of hydrogen-bond donors (Lipinski definition) is 1. The van der Waals surface area contributed by atoms with E-state index in [4.69, 9.17) is 5.73 Å². The van der Waals surface area contributed by atoms with E-state index >= 15 is 0 Å². The van der Waals surface area contributed by atoms with Gasteiger partial charge in [-0.1, -0.05) is 19.8 Å². The summed E-state index contributed by atoms with van der Waals surface area (Å²) >= 11 is 0. The van der Waals surface area contributed by atoms with Gasteiger partial charge in [0.2, 0.25) is 0 Å². The molecule has 2 N–H and O–H groups in total. The van der Waals surface area contributed by atoms with Crippen LogP contribution in [0.2, 0.25) is 0 Å². The summed E-state index contributed by atoms with van der Waals surface area (Å²) in [4.78, 5) is 6.87. The summed E-state index contributed by atoms with van der Waals surface area (Å²) in [6.07, 6.45) is 9.28. The molecule has 2 fully saturated rings. The third-order valence-electron chi connectivity index (χ3n) is 4.11. The van der Waals surface area contributed by atoms with Gasteiger partial charge in [-0.3, -0.25) is 4.99 Å². The minimum Gasteiger partial charge on any atom is -0.370 e. The molecule has 17 heavy (non-hydrogen) atoms. The Morgan fingerprint density at radius 2 is 1.71 bits per heavy atom. The SMILES string of the molecule is CC1(CN=C(N)N2CCCCC2)CCCC1.I. The molecule has 4 heteroatoms. The first-order valence-corrected chi connectivity index (χ1v) is 6.75. The first-order chi connectivity index (χ1) is 7.70. The monoisotopic (exact) mass is 351 g/mol. The smallest absolute Gasteiger partial charge is 0.191 e. The number of halogens is 1. The Morgan fingerprint density at radius 1 is 1.12 bits per heavy atom. The van der Waals surface area contributed by atoms with E-state index in [1.165, 1.54) is 44.9 Å². The highest BCUT2D eigenvalue weighted by atomic mass is 127. The van der Waals surface area contributed by atoms with Crippen LogP contribution in [0, 0.1) is 5.41 Å². The summed E-state index contributed by atoms with van der Waals surface area (Å²) in [5.41, 5.74) is 6.49. The molecule has 0 spiro atoms. The zero-order valence-electron chi connectivity index (χ0n) is 11.0. The van der Waals surface area contributed by atoms with Gasteiger partial charge in [0.05, 0.1) is 0 Å². The van der Waals surface area contributed by atoms with Crippen molar-refractivity contribution in [2.75, 3.05) is 19.6 Å². The van der Waals surface area contributed by atoms with Crippen molar-refractivity contribution in [1.82, 2.24) is 4.90 Å². The molecule has 1 heterocycles. The molecular formula is C13H26IN3. The Morgan fingerprint density at radius 3 is 2.29 bits per heavy atom. The standard InChI is InChI=1S/C13H25N3.HI/c1-13(7-3-4-8-13)11-15-12(14)16-9-5-2-6-10-16;/h2-11H2,1H3,(H2,14,15);1H. The minimum absolute atomic E-state index is 0. The molecule has 0 aromatic rings. The first kappa shape index (κ1) is 15.1. The van der Waals surface area contributed by atoms with E-state index in [0.29, 0.717) is 5.41 Å². The lowest BCUT2D eigenvalue weighted by molar-refractivity contribution is 0.325. The van der Waals surface area contributed by atoms with Crippen LogP contribution in [0.5, 0.6) is 0 Å². The lowest BCUT2D eigenvalue weighted by atomic mass is 9.89. The second-order valence-corrected chi connectivity index (χ2v) is 5.74. The number of nitrogens with two attached hydrogens (primary N) is 1. The van der Waals surface area contributed by atoms with Gasteiger partial charge in [0.15, 0.2) is 5.96 Å². The lowest BCUT2D eigenvalue weighted by Crippen LogP contribution is -2.41. The van der Waals surface area contributed by atoms with Crippen LogP contribution < -0.4 is 5.73 Å². The van der Waals surface area contributed by atoms with Crippen molar-refractivity contribution in [2.24, 2.45) is 16.1 Å². The number of rotatable bonds is 2. The van der Waals surface area contributed by atoms with Crippen LogP contribution in [0.15, 0.2) is 4.99 Å². The number of piperidine rings is 1. The van der Waals surface area contributed by atoms with Crippen molar-refractivity contribution >= 4 is 29.9 Å². The fourth-order valence-electron chi connectivity index (χ4n) is 2.88. The molecule has 1 saturated carbocycles. The molecule has 0 radical (unpaired) electrons. The van der Waals surface area contributed by atoms with Crippen LogP contribution in [0.1, 0.15) is 51.9 Å². The molecule has 0 aromatic carbocycles. The van der Waals surface area contributed by atoms with E-state index in [9.17, 15) is 0 Å². The first-order valence-electron chi connectivity index (χ1n) is 6.75. The summed E-state index contributed by atoms with van der Waals surface area (Å²) in [5, 5.41) is 0. The molecule has 1 aliphatic carbocycles. The van der Waals surface area contributed by atoms with Gasteiger partial charge in [-0.15, -0.1) is 24.0 Å². The molecule has 1 aliphatic heterocycles. The van der Waals surface area contributed by atoms with Crippen molar-refractivity contribution in [3.8, 4) is 0 Å². The Bertz CT molecular complexity index is 253. The van der Waals surface area contributed by atoms with E-state index in [-0.39, 0.29) is 24.0 Å². The van der Waals surface area contributed by atoms with Gasteiger partial charge in [-0.05, 0) is 37.5 Å². The van der Waals surface area contributed by atoms with Gasteiger partial charge in [-0.25, -0.2) is 0 Å². The van der Waals surface area contributed by atoms with Crippen molar-refractivity contribution < 1.29 is 0 Å². The molecule has 0 bridgehead atoms. The average Bonchev–Trinajstić information content (AvgIpc) is 2.75. The Labute approximate surface area is 122 Å². The Hall–Kier alpha value is 0. The summed E-state index contributed by atoms with van der Waals surface area (Å²) < 4.78 is 0. The summed E-state index contributed by atoms with van der Waals surface area (Å²) in [7, 11) is 0. The lowest BCUT2D eigenvalue weighted by Gasteiger charge is -2.28. The van der Waals surface area contributed by atoms with Crippen LogP contribution in [0.25, 0.3) is 0 Å². The Kier molecular flexibility index (Phi) is 6.03. The minimum atomic E-state index is 0. The largest absolute Gasteiger partial charge is 0.370 e. The summed E-state index contributed by atoms with van der Waals surface area (Å²) in [5.74, 6) is 0.785. The quantitative estimate of drug-likeness (QED) is 0.472. The highest BCUT2D eigenvalue weighted by molar-refractivity contribution is 14.0. The number of nitrogens with zero attached hydrogens (tertiary/aromatic N) is 2. The fourth-order valence-corrected chi connectivity index (χ4v) is 2.88. The van der Waals surface area contributed by atoms with Crippen LogP contribution in [0.3, 0.4) is 0 Å². The normalized spacial score (nSPS) is 24.5. The Balaban J connectivity index is 0.00000144. The zero-order chi connectivity index (χ0) is 11.4. The molecule has 0 atom stereocenters. The number of aliphatic imine (C=N–C) groups is 1. The fraction of sp³-hybridized carbons (Fsp3) is 0.923. The molecule has 0 amide bonds. The maximum Gasteiger partial charge on any atom is 0.191 e. The molecule has 100 valence electrons. The molecule has 2 aliphatic rings. The summed E-state index contributed by atoms with van der Waals surface area (Å²) in [6, 6.07) is 0. The second-order valence-electron chi connectivity index (χ2n) is 5.74. The van der Waals surface area contributed by atoms with E-state index in [0.717, 1.165) is 25.6 Å². The predicted octanol–water partition coefficient (Wildman–Crippen LogP) is 2.99. The molecule has 2 rings (SSSR count). The van der Waals surface area contributed by atoms with E-state index in [1.54, 1.807) is 0 Å². The highest BCUT2D eigenvalue weighted by Gasteiger charge is 2.28. The molecule has 0 aromatic heterocycles. The topological polar surface area (TPSA) is 41.6 Å². The number of likely N-dealkylation sites (tertiary alicyclic amines) is 1.